The van der Waals surface area contributed by atoms with E-state index in [1.807, 2.05) is 6.07 Å². The first kappa shape index (κ1) is 47.3. The number of para-hydroxylation sites is 2. The molecule has 0 fully saturated rings. The molecule has 0 aliphatic carbocycles. The van der Waals surface area contributed by atoms with Crippen molar-refractivity contribution >= 4 is 43.4 Å². The number of benzene rings is 6. The molecule has 330 valence electrons. The second kappa shape index (κ2) is 19.5. The Morgan fingerprint density at radius 2 is 0.889 bits per heavy atom. The van der Waals surface area contributed by atoms with Crippen LogP contribution in [-0.2, 0) is 58.1 Å². The van der Waals surface area contributed by atoms with Crippen LogP contribution in [0.4, 0.5) is 42.1 Å². The average Bonchev–Trinajstić information content (AvgIpc) is 3.22. The van der Waals surface area contributed by atoms with Gasteiger partial charge < -0.3 is 10.2 Å². The highest BCUT2D eigenvalue weighted by Gasteiger charge is 2.38. The highest BCUT2D eigenvalue weighted by atomic mass is 32.2. The Kier molecular flexibility index (Phi) is 14.7. The number of anilines is 2. The largest absolute Gasteiger partial charge is 0.478 e. The molecule has 0 unspecified atom stereocenters. The molecule has 6 aromatic rings. The Bertz CT molecular complexity index is 2820. The fourth-order valence-corrected chi connectivity index (χ4v) is 8.38. The molecule has 4 N–H and O–H groups in total. The van der Waals surface area contributed by atoms with Gasteiger partial charge in [0.25, 0.3) is 20.0 Å². The van der Waals surface area contributed by atoms with Gasteiger partial charge in [-0.1, -0.05) is 66.7 Å². The maximum absolute atomic E-state index is 13.4. The van der Waals surface area contributed by atoms with Gasteiger partial charge in [0.05, 0.1) is 43.4 Å². The fourth-order valence-electron chi connectivity index (χ4n) is 6.08. The molecular weight excluding hydrogens is 882 g/mol. The first-order chi connectivity index (χ1) is 29.5. The van der Waals surface area contributed by atoms with Gasteiger partial charge in [0, 0.05) is 0 Å². The first-order valence-corrected chi connectivity index (χ1v) is 21.4. The molecule has 0 heterocycles. The Balaban J connectivity index is 0.000000243. The predicted molar refractivity (Wildman–Crippen MR) is 219 cm³/mol. The lowest BCUT2D eigenvalue weighted by Gasteiger charge is -2.16. The molecule has 0 amide bonds. The minimum Gasteiger partial charge on any atom is -0.478 e. The summed E-state index contributed by atoms with van der Waals surface area (Å²) >= 11 is 0. The van der Waals surface area contributed by atoms with Crippen molar-refractivity contribution in [3.63, 3.8) is 0 Å². The summed E-state index contributed by atoms with van der Waals surface area (Å²) < 4.78 is 147. The van der Waals surface area contributed by atoms with Gasteiger partial charge in [-0.15, -0.1) is 0 Å². The quantitative estimate of drug-likeness (QED) is 0.0784. The number of aryl methyl sites for hydroxylation is 4. The number of alkyl halides is 6. The van der Waals surface area contributed by atoms with Crippen LogP contribution in [0.5, 0.6) is 0 Å². The number of carboxylic acid groups (broad SMARTS) is 2. The van der Waals surface area contributed by atoms with Crippen molar-refractivity contribution in [1.29, 1.82) is 0 Å². The summed E-state index contributed by atoms with van der Waals surface area (Å²) in [5, 5.41) is 18.2. The number of carbonyl (C=O) groups is 2. The summed E-state index contributed by atoms with van der Waals surface area (Å²) in [7, 11) is -8.76. The highest BCUT2D eigenvalue weighted by Crippen LogP contribution is 2.38. The number of hydrogen-bond donors (Lipinski definition) is 4. The lowest BCUT2D eigenvalue weighted by atomic mass is 10.0. The fraction of sp³-hybridized carbons (Fsp3) is 0.136. The smallest absolute Gasteiger partial charge is 0.416 e. The summed E-state index contributed by atoms with van der Waals surface area (Å²) in [5.74, 6) is -2.75. The normalized spacial score (nSPS) is 11.9. The lowest BCUT2D eigenvalue weighted by molar-refractivity contribution is -0.143. The number of nitrogens with one attached hydrogen (secondary N) is 2. The van der Waals surface area contributed by atoms with Crippen molar-refractivity contribution in [2.24, 2.45) is 0 Å². The van der Waals surface area contributed by atoms with Gasteiger partial charge in [-0.25, -0.2) is 30.8 Å². The van der Waals surface area contributed by atoms with Crippen LogP contribution in [0.1, 0.15) is 54.1 Å². The zero-order valence-electron chi connectivity index (χ0n) is 32.4. The summed E-state index contributed by atoms with van der Waals surface area (Å²) in [5.41, 5.74) is -0.243. The summed E-state index contributed by atoms with van der Waals surface area (Å²) in [6, 6.07) is 30.4. The molecule has 19 heteroatoms. The Hall–Kier alpha value is -6.73. The van der Waals surface area contributed by atoms with E-state index in [0.29, 0.717) is 36.1 Å². The van der Waals surface area contributed by atoms with Crippen LogP contribution in [0.15, 0.2) is 149 Å². The van der Waals surface area contributed by atoms with Gasteiger partial charge in [-0.2, -0.15) is 26.3 Å². The molecule has 63 heavy (non-hydrogen) atoms. The van der Waals surface area contributed by atoms with E-state index in [4.69, 9.17) is 10.2 Å². The Morgan fingerprint density at radius 1 is 0.476 bits per heavy atom. The topological polar surface area (TPSA) is 167 Å². The molecule has 0 aliphatic rings. The van der Waals surface area contributed by atoms with Crippen molar-refractivity contribution in [2.45, 2.75) is 47.8 Å². The van der Waals surface area contributed by atoms with E-state index in [2.05, 4.69) is 9.44 Å². The van der Waals surface area contributed by atoms with Crippen molar-refractivity contribution in [2.75, 3.05) is 9.44 Å². The zero-order chi connectivity index (χ0) is 46.2. The number of rotatable bonds is 14. The summed E-state index contributed by atoms with van der Waals surface area (Å²) in [6.45, 7) is 0. The second-order valence-electron chi connectivity index (χ2n) is 13.7. The van der Waals surface area contributed by atoms with Gasteiger partial charge >= 0.3 is 24.3 Å². The highest BCUT2D eigenvalue weighted by molar-refractivity contribution is 7.93. The molecule has 0 bridgehead atoms. The Labute approximate surface area is 356 Å². The van der Waals surface area contributed by atoms with Gasteiger partial charge in [-0.05, 0) is 121 Å². The van der Waals surface area contributed by atoms with Crippen LogP contribution in [0, 0.1) is 5.82 Å². The van der Waals surface area contributed by atoms with Crippen LogP contribution in [0.2, 0.25) is 0 Å². The van der Waals surface area contributed by atoms with Crippen LogP contribution >= 0.6 is 0 Å². The molecule has 10 nitrogen and oxygen atoms in total. The number of aromatic carboxylic acids is 2. The van der Waals surface area contributed by atoms with Crippen LogP contribution in [0.3, 0.4) is 0 Å². The SMILES string of the molecule is O=C(O)c1cccc(CCc2ccccc2NS(=O)(=O)c2cc(C(F)(F)F)cc(C(F)(F)F)c2)c1.O=C(O)c1cccc(CCc2ccccc2NS(=O)(=O)c2cccc(F)c2)c1. The predicted octanol–water partition coefficient (Wildman–Crippen LogP) is 10.1. The van der Waals surface area contributed by atoms with Crippen LogP contribution in [0.25, 0.3) is 0 Å². The number of sulfonamides is 2. The number of halogens is 7. The molecule has 0 radical (unpaired) electrons. The van der Waals surface area contributed by atoms with Gasteiger partial charge in [0.2, 0.25) is 0 Å². The third kappa shape index (κ3) is 13.1. The van der Waals surface area contributed by atoms with E-state index in [0.717, 1.165) is 17.2 Å². The molecule has 0 aromatic heterocycles. The van der Waals surface area contributed by atoms with E-state index >= 15 is 0 Å². The lowest BCUT2D eigenvalue weighted by Crippen LogP contribution is -2.18. The third-order valence-corrected chi connectivity index (χ3v) is 11.9. The van der Waals surface area contributed by atoms with E-state index in [1.54, 1.807) is 54.6 Å². The van der Waals surface area contributed by atoms with Gasteiger partial charge in [-0.3, -0.25) is 9.44 Å². The minimum atomic E-state index is -5.20. The number of carboxylic acids is 2. The Morgan fingerprint density at radius 3 is 1.30 bits per heavy atom. The summed E-state index contributed by atoms with van der Waals surface area (Å²) in [6.07, 6.45) is -8.85. The molecule has 0 saturated carbocycles. The third-order valence-electron chi connectivity index (χ3n) is 9.22. The minimum absolute atomic E-state index is 0.0344. The van der Waals surface area contributed by atoms with E-state index in [1.165, 1.54) is 54.6 Å². The van der Waals surface area contributed by atoms with Gasteiger partial charge in [0.1, 0.15) is 5.82 Å². The van der Waals surface area contributed by atoms with Crippen molar-refractivity contribution < 1.29 is 67.4 Å². The van der Waals surface area contributed by atoms with E-state index in [-0.39, 0.29) is 46.3 Å². The maximum atomic E-state index is 13.4. The number of hydrogen-bond acceptors (Lipinski definition) is 6. The molecular formula is C44H35F7N2O8S2. The van der Waals surface area contributed by atoms with E-state index < -0.39 is 66.2 Å². The summed E-state index contributed by atoms with van der Waals surface area (Å²) in [4.78, 5) is 20.9. The van der Waals surface area contributed by atoms with Gasteiger partial charge in [0.15, 0.2) is 0 Å². The molecule has 6 rings (SSSR count). The standard InChI is InChI=1S/C23H17F6NO4S.C21H18FNO4S/c24-22(25,26)17-11-18(23(27,28)29)13-19(12-17)35(33,34)30-20-7-2-1-5-15(20)9-8-14-4-3-6-16(10-14)21(31)32;22-18-8-4-9-19(14-18)28(26,27)23-20-10-2-1-6-16(20)12-11-15-5-3-7-17(13-15)21(24)25/h1-7,10-13,30H,8-9H2,(H,31,32);1-10,13-14,23H,11-12H2,(H,24,25). The van der Waals surface area contributed by atoms with Crippen molar-refractivity contribution in [1.82, 2.24) is 0 Å². The second-order valence-corrected chi connectivity index (χ2v) is 17.1. The van der Waals surface area contributed by atoms with Crippen molar-refractivity contribution in [3.8, 4) is 0 Å². The van der Waals surface area contributed by atoms with Crippen LogP contribution < -0.4 is 9.44 Å². The zero-order valence-corrected chi connectivity index (χ0v) is 34.0. The molecule has 6 aromatic carbocycles. The molecule has 0 spiro atoms. The molecule has 0 aliphatic heterocycles. The van der Waals surface area contributed by atoms with Crippen LogP contribution in [-0.4, -0.2) is 39.0 Å². The molecule has 0 saturated heterocycles. The maximum Gasteiger partial charge on any atom is 0.416 e. The monoisotopic (exact) mass is 916 g/mol. The van der Waals surface area contributed by atoms with Crippen molar-refractivity contribution in [3.05, 3.63) is 190 Å². The molecule has 0 atom stereocenters. The van der Waals surface area contributed by atoms with E-state index in [9.17, 15) is 57.2 Å². The first-order valence-electron chi connectivity index (χ1n) is 18.4. The average molecular weight is 917 g/mol.